The van der Waals surface area contributed by atoms with E-state index in [0.29, 0.717) is 12.4 Å². The van der Waals surface area contributed by atoms with Gasteiger partial charge in [0, 0.05) is 11.8 Å². The van der Waals surface area contributed by atoms with Crippen molar-refractivity contribution in [1.29, 1.82) is 0 Å². The zero-order valence-electron chi connectivity index (χ0n) is 11.6. The molecule has 3 aromatic rings. The van der Waals surface area contributed by atoms with Crippen molar-refractivity contribution in [3.05, 3.63) is 40.7 Å². The summed E-state index contributed by atoms with van der Waals surface area (Å²) in [6.07, 6.45) is 1.79. The highest BCUT2D eigenvalue weighted by Crippen LogP contribution is 2.22. The van der Waals surface area contributed by atoms with Crippen LogP contribution in [0, 0.1) is 20.8 Å². The van der Waals surface area contributed by atoms with Gasteiger partial charge in [-0.2, -0.15) is 0 Å². The lowest BCUT2D eigenvalue weighted by Crippen LogP contribution is -2.06. The lowest BCUT2D eigenvalue weighted by Gasteiger charge is -2.06. The smallest absolute Gasteiger partial charge is 0.160 e. The van der Waals surface area contributed by atoms with E-state index in [4.69, 9.17) is 16.1 Å². The van der Waals surface area contributed by atoms with Gasteiger partial charge in [0.25, 0.3) is 0 Å². The summed E-state index contributed by atoms with van der Waals surface area (Å²) in [5.41, 5.74) is 4.78. The van der Waals surface area contributed by atoms with Gasteiger partial charge in [-0.1, -0.05) is 5.16 Å². The van der Waals surface area contributed by atoms with E-state index >= 15 is 0 Å². The number of aromatic nitrogens is 4. The quantitative estimate of drug-likeness (QED) is 0.695. The number of hydrogen-bond donors (Lipinski definition) is 0. The van der Waals surface area contributed by atoms with Gasteiger partial charge < -0.3 is 9.09 Å². The minimum Gasteiger partial charge on any atom is -0.361 e. The van der Waals surface area contributed by atoms with E-state index < -0.39 is 0 Å². The van der Waals surface area contributed by atoms with E-state index in [2.05, 4.69) is 15.1 Å². The van der Waals surface area contributed by atoms with Crippen LogP contribution in [0.1, 0.15) is 28.4 Å². The summed E-state index contributed by atoms with van der Waals surface area (Å²) >= 11 is 6.03. The first-order valence-electron chi connectivity index (χ1n) is 6.40. The van der Waals surface area contributed by atoms with Crippen LogP contribution in [-0.2, 0) is 12.4 Å². The SMILES string of the molecule is Cc1noc(C)c1Cn1c(CCl)nc2c(C)ccnc21. The molecule has 0 aliphatic heterocycles. The minimum absolute atomic E-state index is 0.346. The molecular formula is C14H15ClN4O. The van der Waals surface area contributed by atoms with Gasteiger partial charge >= 0.3 is 0 Å². The summed E-state index contributed by atoms with van der Waals surface area (Å²) in [7, 11) is 0. The molecule has 0 saturated heterocycles. The van der Waals surface area contributed by atoms with Crippen molar-refractivity contribution in [3.63, 3.8) is 0 Å². The van der Waals surface area contributed by atoms with Crippen molar-refractivity contribution in [1.82, 2.24) is 19.7 Å². The number of fused-ring (bicyclic) bond motifs is 1. The zero-order valence-corrected chi connectivity index (χ0v) is 12.4. The Morgan fingerprint density at radius 1 is 1.30 bits per heavy atom. The van der Waals surface area contributed by atoms with Crippen molar-refractivity contribution >= 4 is 22.8 Å². The van der Waals surface area contributed by atoms with Crippen LogP contribution in [0.15, 0.2) is 16.8 Å². The number of pyridine rings is 1. The Bertz CT molecular complexity index is 755. The molecule has 0 aromatic carbocycles. The molecule has 0 spiro atoms. The summed E-state index contributed by atoms with van der Waals surface area (Å²) in [5, 5.41) is 3.99. The van der Waals surface area contributed by atoms with Crippen LogP contribution in [0.2, 0.25) is 0 Å². The first-order chi connectivity index (χ1) is 9.61. The molecule has 0 amide bonds. The Hall–Kier alpha value is -1.88. The third-order valence-electron chi connectivity index (χ3n) is 3.53. The van der Waals surface area contributed by atoms with Crippen molar-refractivity contribution in [2.75, 3.05) is 0 Å². The van der Waals surface area contributed by atoms with Crippen LogP contribution in [0.5, 0.6) is 0 Å². The van der Waals surface area contributed by atoms with Crippen LogP contribution < -0.4 is 0 Å². The Labute approximate surface area is 121 Å². The average Bonchev–Trinajstić information content (AvgIpc) is 2.95. The summed E-state index contributed by atoms with van der Waals surface area (Å²) in [4.78, 5) is 9.03. The maximum atomic E-state index is 6.03. The number of alkyl halides is 1. The lowest BCUT2D eigenvalue weighted by molar-refractivity contribution is 0.392. The molecule has 0 aliphatic carbocycles. The van der Waals surface area contributed by atoms with Gasteiger partial charge in [0.2, 0.25) is 0 Å². The molecule has 5 nitrogen and oxygen atoms in total. The molecule has 104 valence electrons. The van der Waals surface area contributed by atoms with Crippen LogP contribution in [0.4, 0.5) is 0 Å². The van der Waals surface area contributed by atoms with Crippen LogP contribution in [-0.4, -0.2) is 19.7 Å². The molecule has 0 aliphatic rings. The van der Waals surface area contributed by atoms with Gasteiger partial charge in [0.15, 0.2) is 5.65 Å². The average molecular weight is 291 g/mol. The molecule has 0 atom stereocenters. The molecule has 0 bridgehead atoms. The Morgan fingerprint density at radius 2 is 2.10 bits per heavy atom. The Balaban J connectivity index is 2.18. The third kappa shape index (κ3) is 1.98. The predicted octanol–water partition coefficient (Wildman–Crippen LogP) is 3.13. The molecule has 3 rings (SSSR count). The first-order valence-corrected chi connectivity index (χ1v) is 6.93. The second-order valence-electron chi connectivity index (χ2n) is 4.85. The third-order valence-corrected chi connectivity index (χ3v) is 3.77. The molecule has 0 fully saturated rings. The molecule has 0 unspecified atom stereocenters. The predicted molar refractivity (Wildman–Crippen MR) is 76.9 cm³/mol. The van der Waals surface area contributed by atoms with Crippen LogP contribution in [0.3, 0.4) is 0 Å². The summed E-state index contributed by atoms with van der Waals surface area (Å²) in [6, 6.07) is 1.95. The van der Waals surface area contributed by atoms with Crippen LogP contribution in [0.25, 0.3) is 11.2 Å². The Morgan fingerprint density at radius 3 is 2.75 bits per heavy atom. The second kappa shape index (κ2) is 4.90. The van der Waals surface area contributed by atoms with Crippen LogP contribution >= 0.6 is 11.6 Å². The van der Waals surface area contributed by atoms with Crippen molar-refractivity contribution in [2.24, 2.45) is 0 Å². The zero-order chi connectivity index (χ0) is 14.3. The number of hydrogen-bond acceptors (Lipinski definition) is 4. The van der Waals surface area contributed by atoms with Gasteiger partial charge in [-0.15, -0.1) is 11.6 Å². The number of rotatable bonds is 3. The van der Waals surface area contributed by atoms with Gasteiger partial charge in [0.05, 0.1) is 18.1 Å². The summed E-state index contributed by atoms with van der Waals surface area (Å²) < 4.78 is 7.25. The van der Waals surface area contributed by atoms with Gasteiger partial charge in [0.1, 0.15) is 17.1 Å². The van der Waals surface area contributed by atoms with E-state index in [1.807, 2.05) is 31.4 Å². The van der Waals surface area contributed by atoms with E-state index in [0.717, 1.165) is 39.6 Å². The fourth-order valence-corrected chi connectivity index (χ4v) is 2.54. The molecule has 6 heteroatoms. The fraction of sp³-hybridized carbons (Fsp3) is 0.357. The highest BCUT2D eigenvalue weighted by molar-refractivity contribution is 6.16. The monoisotopic (exact) mass is 290 g/mol. The molecule has 0 saturated carbocycles. The van der Waals surface area contributed by atoms with E-state index in [1.165, 1.54) is 0 Å². The van der Waals surface area contributed by atoms with E-state index in [1.54, 1.807) is 6.20 Å². The normalized spacial score (nSPS) is 11.4. The highest BCUT2D eigenvalue weighted by Gasteiger charge is 2.16. The largest absolute Gasteiger partial charge is 0.361 e. The van der Waals surface area contributed by atoms with Crippen molar-refractivity contribution in [3.8, 4) is 0 Å². The van der Waals surface area contributed by atoms with Gasteiger partial charge in [-0.3, -0.25) is 0 Å². The minimum atomic E-state index is 0.346. The van der Waals surface area contributed by atoms with Gasteiger partial charge in [-0.25, -0.2) is 9.97 Å². The summed E-state index contributed by atoms with van der Waals surface area (Å²) in [5.74, 6) is 1.97. The molecule has 0 radical (unpaired) electrons. The number of nitrogens with zero attached hydrogens (tertiary/aromatic N) is 4. The van der Waals surface area contributed by atoms with E-state index in [-0.39, 0.29) is 0 Å². The molecule has 0 N–H and O–H groups in total. The number of aryl methyl sites for hydroxylation is 3. The molecule has 3 aromatic heterocycles. The molecule has 20 heavy (non-hydrogen) atoms. The van der Waals surface area contributed by atoms with Crippen molar-refractivity contribution < 1.29 is 4.52 Å². The molecule has 3 heterocycles. The first kappa shape index (κ1) is 13.1. The second-order valence-corrected chi connectivity index (χ2v) is 5.12. The van der Waals surface area contributed by atoms with Crippen molar-refractivity contribution in [2.45, 2.75) is 33.2 Å². The Kier molecular flexibility index (Phi) is 3.22. The highest BCUT2D eigenvalue weighted by atomic mass is 35.5. The lowest BCUT2D eigenvalue weighted by atomic mass is 10.2. The van der Waals surface area contributed by atoms with Gasteiger partial charge in [-0.05, 0) is 32.4 Å². The summed E-state index contributed by atoms with van der Waals surface area (Å²) in [6.45, 7) is 6.49. The van der Waals surface area contributed by atoms with E-state index in [9.17, 15) is 0 Å². The maximum absolute atomic E-state index is 6.03. The molecular weight excluding hydrogens is 276 g/mol. The topological polar surface area (TPSA) is 56.7 Å². The standard InChI is InChI=1S/C14H15ClN4O/c1-8-4-5-16-14-13(8)17-12(6-15)19(14)7-11-9(2)18-20-10(11)3/h4-5H,6-7H2,1-3H3. The maximum Gasteiger partial charge on any atom is 0.160 e. The number of imidazole rings is 1. The fourth-order valence-electron chi connectivity index (χ4n) is 2.34. The number of halogens is 1.